The van der Waals surface area contributed by atoms with Crippen molar-refractivity contribution in [2.75, 3.05) is 6.61 Å². The molecule has 0 fully saturated rings. The van der Waals surface area contributed by atoms with Crippen LogP contribution in [0.15, 0.2) is 36.4 Å². The largest absolute Gasteiger partial charge is 0.460 e. The van der Waals surface area contributed by atoms with E-state index in [9.17, 15) is 14.9 Å². The van der Waals surface area contributed by atoms with Crippen LogP contribution in [0.25, 0.3) is 5.69 Å². The van der Waals surface area contributed by atoms with Crippen LogP contribution >= 0.6 is 0 Å². The van der Waals surface area contributed by atoms with E-state index in [0.29, 0.717) is 5.56 Å². The molecule has 1 heterocycles. The first-order valence-electron chi connectivity index (χ1n) is 8.36. The highest BCUT2D eigenvalue weighted by molar-refractivity contribution is 6.36. The highest BCUT2D eigenvalue weighted by Crippen LogP contribution is 2.27. The quantitative estimate of drug-likeness (QED) is 0.612. The van der Waals surface area contributed by atoms with Gasteiger partial charge < -0.3 is 9.30 Å². The van der Waals surface area contributed by atoms with Crippen molar-refractivity contribution in [2.45, 2.75) is 40.5 Å². The summed E-state index contributed by atoms with van der Waals surface area (Å²) in [6, 6.07) is 13.0. The van der Waals surface area contributed by atoms with Crippen molar-refractivity contribution in [2.24, 2.45) is 0 Å². The minimum atomic E-state index is -1.19. The minimum Gasteiger partial charge on any atom is -0.460 e. The lowest BCUT2D eigenvalue weighted by atomic mass is 9.94. The normalized spacial score (nSPS) is 10.9. The van der Waals surface area contributed by atoms with E-state index < -0.39 is 17.7 Å². The SMILES string of the molecule is CC.CCOC(=O)C(=O)C(C#N)c1ccccc1-n1c(C)ccc1C. The molecule has 0 aliphatic carbocycles. The summed E-state index contributed by atoms with van der Waals surface area (Å²) < 4.78 is 6.70. The molecule has 0 saturated heterocycles. The topological polar surface area (TPSA) is 72.1 Å². The number of aryl methyl sites for hydroxylation is 2. The Balaban J connectivity index is 0.00000151. The molecule has 5 nitrogen and oxygen atoms in total. The third kappa shape index (κ3) is 4.36. The molecule has 1 unspecified atom stereocenters. The number of benzene rings is 1. The minimum absolute atomic E-state index is 0.0974. The third-order valence-corrected chi connectivity index (χ3v) is 3.63. The van der Waals surface area contributed by atoms with Gasteiger partial charge in [-0.25, -0.2) is 4.79 Å². The lowest BCUT2D eigenvalue weighted by Crippen LogP contribution is -2.24. The van der Waals surface area contributed by atoms with Crippen molar-refractivity contribution >= 4 is 11.8 Å². The van der Waals surface area contributed by atoms with Crippen LogP contribution in [0.1, 0.15) is 43.6 Å². The van der Waals surface area contributed by atoms with E-state index in [2.05, 4.69) is 0 Å². The van der Waals surface area contributed by atoms with Crippen molar-refractivity contribution < 1.29 is 14.3 Å². The predicted octanol–water partition coefficient (Wildman–Crippen LogP) is 3.86. The van der Waals surface area contributed by atoms with Crippen LogP contribution in [0.2, 0.25) is 0 Å². The highest BCUT2D eigenvalue weighted by atomic mass is 16.5. The van der Waals surface area contributed by atoms with E-state index in [1.807, 2.05) is 62.6 Å². The summed E-state index contributed by atoms with van der Waals surface area (Å²) in [6.45, 7) is 9.60. The first-order valence-corrected chi connectivity index (χ1v) is 8.36. The number of aromatic nitrogens is 1. The van der Waals surface area contributed by atoms with E-state index in [1.165, 1.54) is 0 Å². The van der Waals surface area contributed by atoms with Crippen LogP contribution in [-0.4, -0.2) is 22.9 Å². The molecule has 1 atom stereocenters. The number of carbonyl (C=O) groups is 2. The maximum Gasteiger partial charge on any atom is 0.376 e. The van der Waals surface area contributed by atoms with Gasteiger partial charge >= 0.3 is 5.97 Å². The average Bonchev–Trinajstić information content (AvgIpc) is 2.96. The maximum atomic E-state index is 12.3. The number of ketones is 1. The van der Waals surface area contributed by atoms with Gasteiger partial charge in [0.25, 0.3) is 5.78 Å². The molecule has 2 rings (SSSR count). The molecular weight excluding hydrogens is 316 g/mol. The van der Waals surface area contributed by atoms with Crippen LogP contribution in [0, 0.1) is 25.2 Å². The summed E-state index contributed by atoms with van der Waals surface area (Å²) in [4.78, 5) is 24.0. The molecule has 0 N–H and O–H groups in total. The number of ether oxygens (including phenoxy) is 1. The van der Waals surface area contributed by atoms with Gasteiger partial charge in [0.1, 0.15) is 5.92 Å². The second kappa shape index (κ2) is 9.43. The molecule has 1 aromatic carbocycles. The third-order valence-electron chi connectivity index (χ3n) is 3.63. The number of hydrogen-bond donors (Lipinski definition) is 0. The molecular formula is C20H24N2O3. The van der Waals surface area contributed by atoms with Gasteiger partial charge in [0, 0.05) is 17.0 Å². The highest BCUT2D eigenvalue weighted by Gasteiger charge is 2.30. The zero-order valence-corrected chi connectivity index (χ0v) is 15.4. The van der Waals surface area contributed by atoms with Crippen molar-refractivity contribution in [3.63, 3.8) is 0 Å². The monoisotopic (exact) mass is 340 g/mol. The second-order valence-corrected chi connectivity index (χ2v) is 5.16. The Labute approximate surface area is 148 Å². The smallest absolute Gasteiger partial charge is 0.376 e. The average molecular weight is 340 g/mol. The molecule has 132 valence electrons. The fourth-order valence-electron chi connectivity index (χ4n) is 2.57. The summed E-state index contributed by atoms with van der Waals surface area (Å²) in [5.41, 5.74) is 3.18. The Bertz CT molecular complexity index is 765. The number of Topliss-reactive ketones (excluding diaryl/α,β-unsaturated/α-hetero) is 1. The molecule has 5 heteroatoms. The molecule has 0 aliphatic heterocycles. The number of rotatable bonds is 5. The maximum absolute atomic E-state index is 12.3. The second-order valence-electron chi connectivity index (χ2n) is 5.16. The van der Waals surface area contributed by atoms with E-state index in [4.69, 9.17) is 4.74 Å². The van der Waals surface area contributed by atoms with Gasteiger partial charge in [-0.2, -0.15) is 5.26 Å². The molecule has 0 amide bonds. The lowest BCUT2D eigenvalue weighted by Gasteiger charge is -2.17. The number of hydrogen-bond acceptors (Lipinski definition) is 4. The van der Waals surface area contributed by atoms with E-state index in [-0.39, 0.29) is 6.61 Å². The summed E-state index contributed by atoms with van der Waals surface area (Å²) in [7, 11) is 0. The van der Waals surface area contributed by atoms with Gasteiger partial charge in [0.05, 0.1) is 18.4 Å². The van der Waals surface area contributed by atoms with Gasteiger partial charge in [0.15, 0.2) is 0 Å². The van der Waals surface area contributed by atoms with E-state index in [0.717, 1.165) is 17.1 Å². The Morgan fingerprint density at radius 3 is 2.20 bits per heavy atom. The van der Waals surface area contributed by atoms with Crippen LogP contribution in [-0.2, 0) is 14.3 Å². The number of nitriles is 1. The van der Waals surface area contributed by atoms with Crippen molar-refractivity contribution in [3.05, 3.63) is 53.3 Å². The van der Waals surface area contributed by atoms with Crippen molar-refractivity contribution in [3.8, 4) is 11.8 Å². The van der Waals surface area contributed by atoms with E-state index >= 15 is 0 Å². The standard InChI is InChI=1S/C18H18N2O3.C2H6/c1-4-23-18(22)17(21)15(11-19)14-7-5-6-8-16(14)20-12(2)9-10-13(20)3;1-2/h5-10,15H,4H2,1-3H3;1-2H3. The molecule has 0 saturated carbocycles. The van der Waals surface area contributed by atoms with Crippen molar-refractivity contribution in [1.29, 1.82) is 5.26 Å². The number of carbonyl (C=O) groups excluding carboxylic acids is 2. The molecule has 1 aromatic heterocycles. The fraction of sp³-hybridized carbons (Fsp3) is 0.350. The summed E-state index contributed by atoms with van der Waals surface area (Å²) in [5.74, 6) is -3.01. The summed E-state index contributed by atoms with van der Waals surface area (Å²) in [6.07, 6.45) is 0. The molecule has 25 heavy (non-hydrogen) atoms. The molecule has 0 aliphatic rings. The number of esters is 1. The number of para-hydroxylation sites is 1. The Morgan fingerprint density at radius 2 is 1.68 bits per heavy atom. The van der Waals surface area contributed by atoms with Gasteiger partial charge in [0.2, 0.25) is 0 Å². The molecule has 0 bridgehead atoms. The summed E-state index contributed by atoms with van der Waals surface area (Å²) in [5, 5.41) is 9.44. The van der Waals surface area contributed by atoms with Crippen LogP contribution in [0.5, 0.6) is 0 Å². The Hall–Kier alpha value is -2.87. The zero-order chi connectivity index (χ0) is 19.0. The first kappa shape index (κ1) is 20.2. The predicted molar refractivity (Wildman–Crippen MR) is 96.6 cm³/mol. The van der Waals surface area contributed by atoms with Gasteiger partial charge in [-0.3, -0.25) is 4.79 Å². The molecule has 0 spiro atoms. The van der Waals surface area contributed by atoms with Crippen LogP contribution in [0.4, 0.5) is 0 Å². The zero-order valence-electron chi connectivity index (χ0n) is 15.4. The van der Waals surface area contributed by atoms with Crippen LogP contribution < -0.4 is 0 Å². The fourth-order valence-corrected chi connectivity index (χ4v) is 2.57. The van der Waals surface area contributed by atoms with E-state index in [1.54, 1.807) is 19.1 Å². The summed E-state index contributed by atoms with van der Waals surface area (Å²) >= 11 is 0. The molecule has 2 aromatic rings. The van der Waals surface area contributed by atoms with Crippen molar-refractivity contribution in [1.82, 2.24) is 4.57 Å². The Morgan fingerprint density at radius 1 is 1.12 bits per heavy atom. The van der Waals surface area contributed by atoms with Gasteiger partial charge in [-0.1, -0.05) is 32.0 Å². The number of nitrogens with zero attached hydrogens (tertiary/aromatic N) is 2. The first-order chi connectivity index (χ1) is 12.0. The van der Waals surface area contributed by atoms with Crippen LogP contribution in [0.3, 0.4) is 0 Å². The lowest BCUT2D eigenvalue weighted by molar-refractivity contribution is -0.153. The molecule has 0 radical (unpaired) electrons. The van der Waals surface area contributed by atoms with Gasteiger partial charge in [-0.15, -0.1) is 0 Å². The Kier molecular flexibility index (Phi) is 7.61. The van der Waals surface area contributed by atoms with Gasteiger partial charge in [-0.05, 0) is 39.0 Å².